The maximum atomic E-state index is 13.7. The number of hydrogen-bond acceptors (Lipinski definition) is 4. The largest absolute Gasteiger partial charge is 0.464 e. The van der Waals surface area contributed by atoms with Crippen LogP contribution in [0.3, 0.4) is 0 Å². The second-order valence-electron chi connectivity index (χ2n) is 8.44. The summed E-state index contributed by atoms with van der Waals surface area (Å²) in [5.41, 5.74) is 4.24. The highest BCUT2D eigenvalue weighted by Gasteiger charge is 2.42. The van der Waals surface area contributed by atoms with Gasteiger partial charge in [0.25, 0.3) is 0 Å². The minimum Gasteiger partial charge on any atom is -0.464 e. The first-order valence-corrected chi connectivity index (χ1v) is 11.1. The van der Waals surface area contributed by atoms with Crippen molar-refractivity contribution < 1.29 is 14.0 Å². The molecule has 2 atom stereocenters. The Morgan fingerprint density at radius 1 is 1.03 bits per heavy atom. The second-order valence-corrected chi connectivity index (χ2v) is 8.44. The first-order valence-electron chi connectivity index (χ1n) is 11.1. The van der Waals surface area contributed by atoms with E-state index in [1.54, 1.807) is 4.90 Å². The number of amides is 1. The van der Waals surface area contributed by atoms with Crippen LogP contribution >= 0.6 is 0 Å². The van der Waals surface area contributed by atoms with E-state index in [1.807, 2.05) is 68.4 Å². The minimum atomic E-state index is -0.591. The van der Waals surface area contributed by atoms with Crippen molar-refractivity contribution in [1.82, 2.24) is 0 Å². The molecule has 0 unspecified atom stereocenters. The van der Waals surface area contributed by atoms with Gasteiger partial charge in [-0.2, -0.15) is 0 Å². The molecule has 1 amide bonds. The summed E-state index contributed by atoms with van der Waals surface area (Å²) in [5.74, 6) is 1.46. The molecule has 1 aliphatic carbocycles. The van der Waals surface area contributed by atoms with E-state index in [2.05, 4.69) is 17.4 Å². The van der Waals surface area contributed by atoms with Gasteiger partial charge < -0.3 is 9.73 Å². The van der Waals surface area contributed by atoms with Gasteiger partial charge in [-0.25, -0.2) is 0 Å². The lowest BCUT2D eigenvalue weighted by Gasteiger charge is -2.33. The van der Waals surface area contributed by atoms with E-state index in [0.29, 0.717) is 30.6 Å². The quantitative estimate of drug-likeness (QED) is 0.566. The summed E-state index contributed by atoms with van der Waals surface area (Å²) in [6.45, 7) is 3.72. The average Bonchev–Trinajstić information content (AvgIpc) is 3.17. The average molecular weight is 427 g/mol. The van der Waals surface area contributed by atoms with E-state index in [0.717, 1.165) is 28.4 Å². The Morgan fingerprint density at radius 2 is 1.78 bits per heavy atom. The number of fused-ring (bicyclic) bond motifs is 1. The number of aryl methyl sites for hydroxylation is 1. The number of para-hydroxylation sites is 2. The maximum Gasteiger partial charge on any atom is 0.227 e. The molecule has 0 fully saturated rings. The monoisotopic (exact) mass is 426 g/mol. The molecule has 0 radical (unpaired) electrons. The molecule has 0 bridgehead atoms. The van der Waals surface area contributed by atoms with Gasteiger partial charge in [0.1, 0.15) is 17.6 Å². The third-order valence-electron chi connectivity index (χ3n) is 6.36. The zero-order valence-corrected chi connectivity index (χ0v) is 18.3. The molecule has 32 heavy (non-hydrogen) atoms. The summed E-state index contributed by atoms with van der Waals surface area (Å²) in [6, 6.07) is 21.1. The predicted molar refractivity (Wildman–Crippen MR) is 124 cm³/mol. The number of benzene rings is 2. The van der Waals surface area contributed by atoms with E-state index >= 15 is 0 Å². The van der Waals surface area contributed by atoms with Gasteiger partial charge in [-0.05, 0) is 49.1 Å². The highest BCUT2D eigenvalue weighted by atomic mass is 16.3. The number of carbonyl (C=O) groups is 2. The standard InChI is InChI=1S/C27H26N2O3/c1-3-25(31)29-22-12-8-7-11-20(22)28-21-15-19(18-9-5-4-6-10-18)16-23(30)26(21)27(29)24-14-13-17(2)32-24/h4-14,19,27-28H,3,15-16H2,1-2H3/t19-,27-/m0/s1. The van der Waals surface area contributed by atoms with Crippen LogP contribution in [0.5, 0.6) is 0 Å². The van der Waals surface area contributed by atoms with Gasteiger partial charge in [-0.1, -0.05) is 49.4 Å². The molecule has 0 spiro atoms. The molecule has 5 nitrogen and oxygen atoms in total. The zero-order chi connectivity index (χ0) is 22.2. The SMILES string of the molecule is CCC(=O)N1c2ccccc2NC2=C(C(=O)C[C@@H](c3ccccc3)C2)[C@@H]1c1ccc(C)o1. The third kappa shape index (κ3) is 3.44. The Labute approximate surface area is 187 Å². The lowest BCUT2D eigenvalue weighted by molar-refractivity contribution is -0.119. The molecule has 0 saturated carbocycles. The van der Waals surface area contributed by atoms with Crippen molar-refractivity contribution in [1.29, 1.82) is 0 Å². The molecule has 3 aromatic rings. The van der Waals surface area contributed by atoms with Crippen LogP contribution < -0.4 is 10.2 Å². The Hall–Kier alpha value is -3.60. The van der Waals surface area contributed by atoms with Crippen LogP contribution in [0.15, 0.2) is 82.4 Å². The highest BCUT2D eigenvalue weighted by Crippen LogP contribution is 2.47. The highest BCUT2D eigenvalue weighted by molar-refractivity contribution is 6.06. The number of carbonyl (C=O) groups excluding carboxylic acids is 2. The molecule has 2 aromatic carbocycles. The van der Waals surface area contributed by atoms with E-state index in [1.165, 1.54) is 0 Å². The topological polar surface area (TPSA) is 62.6 Å². The number of allylic oxidation sites excluding steroid dienone is 1. The van der Waals surface area contributed by atoms with Gasteiger partial charge in [0.2, 0.25) is 5.91 Å². The van der Waals surface area contributed by atoms with Crippen LogP contribution in [-0.2, 0) is 9.59 Å². The number of anilines is 2. The van der Waals surface area contributed by atoms with Crippen LogP contribution in [0, 0.1) is 6.92 Å². The first kappa shape index (κ1) is 20.3. The Bertz CT molecular complexity index is 1210. The van der Waals surface area contributed by atoms with Crippen molar-refractivity contribution >= 4 is 23.1 Å². The van der Waals surface area contributed by atoms with E-state index in [9.17, 15) is 9.59 Å². The van der Waals surface area contributed by atoms with Crippen LogP contribution in [0.2, 0.25) is 0 Å². The van der Waals surface area contributed by atoms with E-state index in [4.69, 9.17) is 4.42 Å². The number of nitrogens with zero attached hydrogens (tertiary/aromatic N) is 1. The fraction of sp³-hybridized carbons (Fsp3) is 0.259. The van der Waals surface area contributed by atoms with Crippen molar-refractivity contribution in [2.24, 2.45) is 0 Å². The maximum absolute atomic E-state index is 13.7. The summed E-state index contributed by atoms with van der Waals surface area (Å²) >= 11 is 0. The molecule has 1 aromatic heterocycles. The lowest BCUT2D eigenvalue weighted by Crippen LogP contribution is -2.38. The third-order valence-corrected chi connectivity index (χ3v) is 6.36. The number of furan rings is 1. The molecule has 1 N–H and O–H groups in total. The minimum absolute atomic E-state index is 0.0494. The second kappa shape index (κ2) is 8.15. The predicted octanol–water partition coefficient (Wildman–Crippen LogP) is 5.90. The van der Waals surface area contributed by atoms with Gasteiger partial charge in [0, 0.05) is 24.1 Å². The van der Waals surface area contributed by atoms with Crippen LogP contribution in [-0.4, -0.2) is 11.7 Å². The molecule has 1 aliphatic heterocycles. The molecular formula is C27H26N2O3. The molecule has 2 aliphatic rings. The molecular weight excluding hydrogens is 400 g/mol. The van der Waals surface area contributed by atoms with E-state index in [-0.39, 0.29) is 17.6 Å². The van der Waals surface area contributed by atoms with Crippen LogP contribution in [0.1, 0.15) is 55.2 Å². The van der Waals surface area contributed by atoms with Crippen LogP contribution in [0.4, 0.5) is 11.4 Å². The van der Waals surface area contributed by atoms with Crippen molar-refractivity contribution in [2.75, 3.05) is 10.2 Å². The van der Waals surface area contributed by atoms with Crippen molar-refractivity contribution in [3.8, 4) is 0 Å². The Morgan fingerprint density at radius 3 is 2.50 bits per heavy atom. The summed E-state index contributed by atoms with van der Waals surface area (Å²) in [7, 11) is 0. The van der Waals surface area contributed by atoms with Crippen LogP contribution in [0.25, 0.3) is 0 Å². The number of hydrogen-bond donors (Lipinski definition) is 1. The first-order chi connectivity index (χ1) is 15.6. The molecule has 5 rings (SSSR count). The van der Waals surface area contributed by atoms with E-state index < -0.39 is 6.04 Å². The lowest BCUT2D eigenvalue weighted by atomic mass is 9.79. The van der Waals surface area contributed by atoms with Crippen molar-refractivity contribution in [3.05, 3.63) is 95.1 Å². The molecule has 2 heterocycles. The zero-order valence-electron chi connectivity index (χ0n) is 18.3. The summed E-state index contributed by atoms with van der Waals surface area (Å²) in [5, 5.41) is 3.53. The van der Waals surface area contributed by atoms with Gasteiger partial charge in [0.15, 0.2) is 5.78 Å². The molecule has 162 valence electrons. The van der Waals surface area contributed by atoms with Crippen molar-refractivity contribution in [2.45, 2.75) is 45.1 Å². The normalized spacial score (nSPS) is 20.3. The fourth-order valence-electron chi connectivity index (χ4n) is 4.87. The summed E-state index contributed by atoms with van der Waals surface area (Å²) in [4.78, 5) is 28.7. The Kier molecular flexibility index (Phi) is 5.17. The summed E-state index contributed by atoms with van der Waals surface area (Å²) in [6.07, 6.45) is 1.43. The summed E-state index contributed by atoms with van der Waals surface area (Å²) < 4.78 is 6.02. The smallest absolute Gasteiger partial charge is 0.227 e. The van der Waals surface area contributed by atoms with Crippen molar-refractivity contribution in [3.63, 3.8) is 0 Å². The number of ketones is 1. The van der Waals surface area contributed by atoms with Gasteiger partial charge >= 0.3 is 0 Å². The number of rotatable bonds is 3. The van der Waals surface area contributed by atoms with Gasteiger partial charge in [-0.3, -0.25) is 14.5 Å². The van der Waals surface area contributed by atoms with Gasteiger partial charge in [0.05, 0.1) is 11.4 Å². The number of Topliss-reactive ketones (excluding diaryl/α,β-unsaturated/α-hetero) is 1. The Balaban J connectivity index is 1.71. The molecule has 5 heteroatoms. The van der Waals surface area contributed by atoms with Gasteiger partial charge in [-0.15, -0.1) is 0 Å². The molecule has 0 saturated heterocycles. The fourth-order valence-corrected chi connectivity index (χ4v) is 4.87. The number of nitrogens with one attached hydrogen (secondary N) is 1.